The van der Waals surface area contributed by atoms with Gasteiger partial charge in [0, 0.05) is 12.8 Å². The topological polar surface area (TPSA) is 54.5 Å². The van der Waals surface area contributed by atoms with Gasteiger partial charge in [-0.1, -0.05) is 11.6 Å². The van der Waals surface area contributed by atoms with Crippen LogP contribution in [0.5, 0.6) is 0 Å². The van der Waals surface area contributed by atoms with Gasteiger partial charge < -0.3 is 4.90 Å². The standard InChI is InChI=1S/C18H17ClFNO3S/c1-11-8-13(20)9-12-4-3-7-21(17(11)12)18(22)15-10-14(25(2,23)24)5-6-16(15)19/h5-6,8-10H,3-4,7H2,1-2H3. The number of fused-ring (bicyclic) bond motifs is 1. The highest BCUT2D eigenvalue weighted by Gasteiger charge is 2.27. The Kier molecular flexibility index (Phi) is 4.60. The highest BCUT2D eigenvalue weighted by Crippen LogP contribution is 2.34. The van der Waals surface area contributed by atoms with Gasteiger partial charge >= 0.3 is 0 Å². The van der Waals surface area contributed by atoms with Crippen molar-refractivity contribution in [1.82, 2.24) is 0 Å². The van der Waals surface area contributed by atoms with Gasteiger partial charge in [-0.2, -0.15) is 0 Å². The monoisotopic (exact) mass is 381 g/mol. The van der Waals surface area contributed by atoms with E-state index in [9.17, 15) is 17.6 Å². The van der Waals surface area contributed by atoms with Crippen LogP contribution in [0.3, 0.4) is 0 Å². The molecule has 3 rings (SSSR count). The van der Waals surface area contributed by atoms with Crippen molar-refractivity contribution in [1.29, 1.82) is 0 Å². The zero-order chi connectivity index (χ0) is 18.4. The van der Waals surface area contributed by atoms with Crippen LogP contribution in [0.1, 0.15) is 27.9 Å². The van der Waals surface area contributed by atoms with E-state index in [1.807, 2.05) is 0 Å². The summed E-state index contributed by atoms with van der Waals surface area (Å²) in [6, 6.07) is 6.91. The molecular formula is C18H17ClFNO3S. The fourth-order valence-electron chi connectivity index (χ4n) is 3.17. The SMILES string of the molecule is Cc1cc(F)cc2c1N(C(=O)c1cc(S(C)(=O)=O)ccc1Cl)CCC2. The maximum atomic E-state index is 13.7. The number of nitrogens with zero attached hydrogens (tertiary/aromatic N) is 1. The van der Waals surface area contributed by atoms with Gasteiger partial charge in [0.05, 0.1) is 21.2 Å². The van der Waals surface area contributed by atoms with Crippen LogP contribution >= 0.6 is 11.6 Å². The highest BCUT2D eigenvalue weighted by molar-refractivity contribution is 7.90. The van der Waals surface area contributed by atoms with Gasteiger partial charge in [0.15, 0.2) is 9.84 Å². The van der Waals surface area contributed by atoms with Crippen molar-refractivity contribution in [3.05, 3.63) is 57.9 Å². The maximum absolute atomic E-state index is 13.7. The molecule has 0 bridgehead atoms. The quantitative estimate of drug-likeness (QED) is 0.795. The van der Waals surface area contributed by atoms with Gasteiger partial charge in [0.25, 0.3) is 5.91 Å². The van der Waals surface area contributed by atoms with Gasteiger partial charge in [-0.15, -0.1) is 0 Å². The maximum Gasteiger partial charge on any atom is 0.259 e. The average Bonchev–Trinajstić information content (AvgIpc) is 2.52. The van der Waals surface area contributed by atoms with Crippen molar-refractivity contribution in [2.45, 2.75) is 24.7 Å². The summed E-state index contributed by atoms with van der Waals surface area (Å²) < 4.78 is 37.2. The average molecular weight is 382 g/mol. The van der Waals surface area contributed by atoms with Gasteiger partial charge in [-0.3, -0.25) is 4.79 Å². The van der Waals surface area contributed by atoms with Crippen LogP contribution < -0.4 is 4.90 Å². The van der Waals surface area contributed by atoms with Gasteiger partial charge in [0.2, 0.25) is 0 Å². The first-order valence-corrected chi connectivity index (χ1v) is 10.1. The Hall–Kier alpha value is -1.92. The molecule has 25 heavy (non-hydrogen) atoms. The molecule has 0 aromatic heterocycles. The van der Waals surface area contributed by atoms with Crippen LogP contribution in [0, 0.1) is 12.7 Å². The molecule has 0 spiro atoms. The summed E-state index contributed by atoms with van der Waals surface area (Å²) in [7, 11) is -3.46. The molecule has 1 aliphatic rings. The number of hydrogen-bond donors (Lipinski definition) is 0. The molecule has 0 N–H and O–H groups in total. The van der Waals surface area contributed by atoms with Crippen LogP contribution in [-0.4, -0.2) is 27.1 Å². The Morgan fingerprint density at radius 3 is 2.64 bits per heavy atom. The molecule has 0 fully saturated rings. The lowest BCUT2D eigenvalue weighted by atomic mass is 9.97. The molecule has 2 aromatic rings. The first-order chi connectivity index (χ1) is 11.7. The van der Waals surface area contributed by atoms with Crippen LogP contribution in [-0.2, 0) is 16.3 Å². The number of amides is 1. The fraction of sp³-hybridized carbons (Fsp3) is 0.278. The van der Waals surface area contributed by atoms with Crippen molar-refractivity contribution in [3.63, 3.8) is 0 Å². The molecule has 1 aliphatic heterocycles. The molecule has 0 saturated carbocycles. The van der Waals surface area contributed by atoms with Crippen molar-refractivity contribution >= 4 is 33.0 Å². The molecule has 2 aromatic carbocycles. The van der Waals surface area contributed by atoms with Gasteiger partial charge in [-0.25, -0.2) is 12.8 Å². The Balaban J connectivity index is 2.10. The van der Waals surface area contributed by atoms with E-state index in [1.165, 1.54) is 30.3 Å². The van der Waals surface area contributed by atoms with Crippen LogP contribution in [0.15, 0.2) is 35.2 Å². The van der Waals surface area contributed by atoms with Crippen molar-refractivity contribution < 1.29 is 17.6 Å². The second-order valence-electron chi connectivity index (χ2n) is 6.20. The molecule has 132 valence electrons. The Morgan fingerprint density at radius 2 is 1.96 bits per heavy atom. The molecule has 0 unspecified atom stereocenters. The normalized spacial score (nSPS) is 14.3. The minimum atomic E-state index is -3.46. The minimum Gasteiger partial charge on any atom is -0.308 e. The third kappa shape index (κ3) is 3.41. The largest absolute Gasteiger partial charge is 0.308 e. The van der Waals surface area contributed by atoms with Crippen LogP contribution in [0.4, 0.5) is 10.1 Å². The second-order valence-corrected chi connectivity index (χ2v) is 8.63. The molecule has 7 heteroatoms. The molecule has 0 radical (unpaired) electrons. The van der Waals surface area contributed by atoms with Crippen molar-refractivity contribution in [3.8, 4) is 0 Å². The van der Waals surface area contributed by atoms with Crippen LogP contribution in [0.2, 0.25) is 5.02 Å². The number of sulfone groups is 1. The zero-order valence-corrected chi connectivity index (χ0v) is 15.4. The Labute approximate surface area is 151 Å². The number of benzene rings is 2. The van der Waals surface area contributed by atoms with E-state index < -0.39 is 9.84 Å². The van der Waals surface area contributed by atoms with E-state index in [0.29, 0.717) is 30.6 Å². The summed E-state index contributed by atoms with van der Waals surface area (Å²) in [6.07, 6.45) is 2.47. The summed E-state index contributed by atoms with van der Waals surface area (Å²) in [4.78, 5) is 14.6. The molecule has 0 aliphatic carbocycles. The summed E-state index contributed by atoms with van der Waals surface area (Å²) in [5.41, 5.74) is 2.24. The minimum absolute atomic E-state index is 0.0355. The summed E-state index contributed by atoms with van der Waals surface area (Å²) in [6.45, 7) is 2.22. The summed E-state index contributed by atoms with van der Waals surface area (Å²) in [5.74, 6) is -0.714. The summed E-state index contributed by atoms with van der Waals surface area (Å²) >= 11 is 6.15. The smallest absolute Gasteiger partial charge is 0.259 e. The molecule has 4 nitrogen and oxygen atoms in total. The van der Waals surface area contributed by atoms with E-state index in [2.05, 4.69) is 0 Å². The fourth-order valence-corrected chi connectivity index (χ4v) is 4.01. The molecule has 1 amide bonds. The molecule has 0 atom stereocenters. The number of carbonyl (C=O) groups excluding carboxylic acids is 1. The van der Waals surface area contributed by atoms with E-state index in [0.717, 1.165) is 11.8 Å². The van der Waals surface area contributed by atoms with E-state index >= 15 is 0 Å². The van der Waals surface area contributed by atoms with Crippen molar-refractivity contribution in [2.24, 2.45) is 0 Å². The number of carbonyl (C=O) groups is 1. The first-order valence-electron chi connectivity index (χ1n) is 7.79. The number of aryl methyl sites for hydroxylation is 2. The zero-order valence-electron chi connectivity index (χ0n) is 13.8. The second kappa shape index (κ2) is 6.42. The third-order valence-electron chi connectivity index (χ3n) is 4.28. The predicted molar refractivity (Wildman–Crippen MR) is 95.7 cm³/mol. The van der Waals surface area contributed by atoms with E-state index in [4.69, 9.17) is 11.6 Å². The number of hydrogen-bond acceptors (Lipinski definition) is 3. The summed E-state index contributed by atoms with van der Waals surface area (Å²) in [5, 5.41) is 0.185. The Bertz CT molecular complexity index is 973. The van der Waals surface area contributed by atoms with Crippen LogP contribution in [0.25, 0.3) is 0 Å². The molecule has 0 saturated heterocycles. The van der Waals surface area contributed by atoms with Crippen molar-refractivity contribution in [2.75, 3.05) is 17.7 Å². The number of halogens is 2. The number of anilines is 1. The first kappa shape index (κ1) is 17.9. The van der Waals surface area contributed by atoms with E-state index in [-0.39, 0.29) is 27.2 Å². The lowest BCUT2D eigenvalue weighted by Crippen LogP contribution is -2.36. The lowest BCUT2D eigenvalue weighted by molar-refractivity contribution is 0.0985. The predicted octanol–water partition coefficient (Wildman–Crippen LogP) is 3.78. The Morgan fingerprint density at radius 1 is 1.24 bits per heavy atom. The third-order valence-corrected chi connectivity index (χ3v) is 5.72. The van der Waals surface area contributed by atoms with E-state index in [1.54, 1.807) is 11.8 Å². The number of rotatable bonds is 2. The lowest BCUT2D eigenvalue weighted by Gasteiger charge is -2.31. The molecule has 1 heterocycles. The van der Waals surface area contributed by atoms with Gasteiger partial charge in [0.1, 0.15) is 5.82 Å². The highest BCUT2D eigenvalue weighted by atomic mass is 35.5. The molecular weight excluding hydrogens is 365 g/mol. The van der Waals surface area contributed by atoms with Gasteiger partial charge in [-0.05, 0) is 61.2 Å².